The molecule has 108 valence electrons. The standard InChI is InChI=1S/C15H20FN3O/c1-10-5-15(13(11(2)20)6-14(10)16)18(3)8-12-7-17-19(4)9-12/h5-7,9,11,20H,8H2,1-4H3. The molecule has 0 radical (unpaired) electrons. The second-order valence-corrected chi connectivity index (χ2v) is 5.21. The van der Waals surface area contributed by atoms with Crippen LogP contribution in [0.4, 0.5) is 10.1 Å². The van der Waals surface area contributed by atoms with Crippen molar-refractivity contribution in [2.45, 2.75) is 26.5 Å². The fourth-order valence-electron chi connectivity index (χ4n) is 2.26. The zero-order valence-electron chi connectivity index (χ0n) is 12.3. The molecule has 1 heterocycles. The molecule has 1 aromatic carbocycles. The van der Waals surface area contributed by atoms with E-state index in [0.29, 0.717) is 17.7 Å². The molecule has 0 spiro atoms. The Morgan fingerprint density at radius 2 is 2.15 bits per heavy atom. The first kappa shape index (κ1) is 14.5. The summed E-state index contributed by atoms with van der Waals surface area (Å²) in [5.41, 5.74) is 3.07. The van der Waals surface area contributed by atoms with Gasteiger partial charge in [-0.05, 0) is 31.5 Å². The van der Waals surface area contributed by atoms with Gasteiger partial charge in [0.25, 0.3) is 0 Å². The summed E-state index contributed by atoms with van der Waals surface area (Å²) in [6.45, 7) is 4.02. The molecular formula is C15H20FN3O. The molecule has 0 saturated carbocycles. The zero-order valence-corrected chi connectivity index (χ0v) is 12.3. The number of nitrogens with zero attached hydrogens (tertiary/aromatic N) is 3. The molecule has 2 aromatic rings. The van der Waals surface area contributed by atoms with Gasteiger partial charge in [-0.2, -0.15) is 5.10 Å². The quantitative estimate of drug-likeness (QED) is 0.934. The summed E-state index contributed by atoms with van der Waals surface area (Å²) in [6.07, 6.45) is 3.03. The van der Waals surface area contributed by atoms with Gasteiger partial charge in [-0.3, -0.25) is 4.68 Å². The lowest BCUT2D eigenvalue weighted by atomic mass is 10.0. The van der Waals surface area contributed by atoms with Crippen LogP contribution >= 0.6 is 0 Å². The van der Waals surface area contributed by atoms with Crippen molar-refractivity contribution in [2.24, 2.45) is 7.05 Å². The predicted molar refractivity (Wildman–Crippen MR) is 77.1 cm³/mol. The molecule has 20 heavy (non-hydrogen) atoms. The van der Waals surface area contributed by atoms with Crippen LogP contribution in [0, 0.1) is 12.7 Å². The monoisotopic (exact) mass is 277 g/mol. The molecule has 5 heteroatoms. The molecule has 4 nitrogen and oxygen atoms in total. The average Bonchev–Trinajstić information content (AvgIpc) is 2.77. The predicted octanol–water partition coefficient (Wildman–Crippen LogP) is 2.56. The van der Waals surface area contributed by atoms with Gasteiger partial charge in [0.1, 0.15) is 5.82 Å². The van der Waals surface area contributed by atoms with Crippen molar-refractivity contribution < 1.29 is 9.50 Å². The number of hydrogen-bond donors (Lipinski definition) is 1. The van der Waals surface area contributed by atoms with Gasteiger partial charge in [0.05, 0.1) is 12.3 Å². The summed E-state index contributed by atoms with van der Waals surface area (Å²) >= 11 is 0. The van der Waals surface area contributed by atoms with Crippen molar-refractivity contribution in [3.8, 4) is 0 Å². The largest absolute Gasteiger partial charge is 0.389 e. The third-order valence-electron chi connectivity index (χ3n) is 3.35. The first-order chi connectivity index (χ1) is 9.38. The molecule has 0 bridgehead atoms. The van der Waals surface area contributed by atoms with Crippen LogP contribution in [0.3, 0.4) is 0 Å². The van der Waals surface area contributed by atoms with E-state index >= 15 is 0 Å². The minimum absolute atomic E-state index is 0.292. The SMILES string of the molecule is Cc1cc(N(C)Cc2cnn(C)c2)c(C(C)O)cc1F. The Balaban J connectivity index is 2.33. The average molecular weight is 277 g/mol. The second kappa shape index (κ2) is 5.63. The lowest BCUT2D eigenvalue weighted by molar-refractivity contribution is 0.199. The highest BCUT2D eigenvalue weighted by molar-refractivity contribution is 5.56. The lowest BCUT2D eigenvalue weighted by Gasteiger charge is -2.24. The van der Waals surface area contributed by atoms with E-state index in [1.807, 2.05) is 25.2 Å². The van der Waals surface area contributed by atoms with E-state index in [0.717, 1.165) is 11.3 Å². The molecule has 0 aliphatic heterocycles. The Morgan fingerprint density at radius 1 is 1.45 bits per heavy atom. The van der Waals surface area contributed by atoms with Gasteiger partial charge in [0.2, 0.25) is 0 Å². The van der Waals surface area contributed by atoms with E-state index in [4.69, 9.17) is 0 Å². The van der Waals surface area contributed by atoms with Gasteiger partial charge in [0.15, 0.2) is 0 Å². The Labute approximate surface area is 118 Å². The van der Waals surface area contributed by atoms with Crippen LogP contribution in [0.5, 0.6) is 0 Å². The van der Waals surface area contributed by atoms with Gasteiger partial charge in [-0.15, -0.1) is 0 Å². The normalized spacial score (nSPS) is 12.5. The van der Waals surface area contributed by atoms with Crippen LogP contribution in [0.15, 0.2) is 24.5 Å². The van der Waals surface area contributed by atoms with E-state index < -0.39 is 6.10 Å². The summed E-state index contributed by atoms with van der Waals surface area (Å²) in [7, 11) is 3.79. The molecule has 2 rings (SSSR count). The third-order valence-corrected chi connectivity index (χ3v) is 3.35. The van der Waals surface area contributed by atoms with Crippen molar-refractivity contribution in [2.75, 3.05) is 11.9 Å². The molecule has 0 aliphatic carbocycles. The highest BCUT2D eigenvalue weighted by atomic mass is 19.1. The summed E-state index contributed by atoms with van der Waals surface area (Å²) in [5.74, 6) is -0.292. The minimum Gasteiger partial charge on any atom is -0.389 e. The smallest absolute Gasteiger partial charge is 0.126 e. The van der Waals surface area contributed by atoms with Crippen molar-refractivity contribution >= 4 is 5.69 Å². The summed E-state index contributed by atoms with van der Waals surface area (Å²) < 4.78 is 15.4. The van der Waals surface area contributed by atoms with E-state index in [1.165, 1.54) is 6.07 Å². The molecule has 1 unspecified atom stereocenters. The third kappa shape index (κ3) is 2.99. The maximum atomic E-state index is 13.7. The van der Waals surface area contributed by atoms with Crippen molar-refractivity contribution in [3.05, 3.63) is 47.0 Å². The van der Waals surface area contributed by atoms with Crippen LogP contribution in [0.2, 0.25) is 0 Å². The number of aromatic nitrogens is 2. The van der Waals surface area contributed by atoms with Gasteiger partial charge in [-0.1, -0.05) is 0 Å². The molecule has 0 fully saturated rings. The van der Waals surface area contributed by atoms with E-state index in [9.17, 15) is 9.50 Å². The fourth-order valence-corrected chi connectivity index (χ4v) is 2.26. The topological polar surface area (TPSA) is 41.3 Å². The lowest BCUT2D eigenvalue weighted by Crippen LogP contribution is -2.19. The zero-order chi connectivity index (χ0) is 14.9. The Morgan fingerprint density at radius 3 is 2.70 bits per heavy atom. The number of halogens is 1. The summed E-state index contributed by atoms with van der Waals surface area (Å²) in [6, 6.07) is 3.18. The molecule has 0 amide bonds. The van der Waals surface area contributed by atoms with Crippen molar-refractivity contribution in [1.82, 2.24) is 9.78 Å². The summed E-state index contributed by atoms with van der Waals surface area (Å²) in [5, 5.41) is 14.0. The number of benzene rings is 1. The van der Waals surface area contributed by atoms with Crippen LogP contribution in [0.1, 0.15) is 29.7 Å². The number of hydrogen-bond acceptors (Lipinski definition) is 3. The van der Waals surface area contributed by atoms with Crippen LogP contribution in [0.25, 0.3) is 0 Å². The van der Waals surface area contributed by atoms with Crippen LogP contribution in [-0.4, -0.2) is 21.9 Å². The Bertz CT molecular complexity index is 607. The highest BCUT2D eigenvalue weighted by Crippen LogP contribution is 2.29. The maximum absolute atomic E-state index is 13.7. The number of aryl methyl sites for hydroxylation is 2. The van der Waals surface area contributed by atoms with Crippen molar-refractivity contribution in [1.29, 1.82) is 0 Å². The fraction of sp³-hybridized carbons (Fsp3) is 0.400. The van der Waals surface area contributed by atoms with Crippen LogP contribution < -0.4 is 4.90 Å². The molecule has 1 N–H and O–H groups in total. The number of aliphatic hydroxyl groups is 1. The molecular weight excluding hydrogens is 257 g/mol. The van der Waals surface area contributed by atoms with E-state index in [-0.39, 0.29) is 5.82 Å². The van der Waals surface area contributed by atoms with Crippen molar-refractivity contribution in [3.63, 3.8) is 0 Å². The first-order valence-corrected chi connectivity index (χ1v) is 6.55. The number of rotatable bonds is 4. The maximum Gasteiger partial charge on any atom is 0.126 e. The van der Waals surface area contributed by atoms with Crippen LogP contribution in [-0.2, 0) is 13.6 Å². The Kier molecular flexibility index (Phi) is 4.09. The number of anilines is 1. The van der Waals surface area contributed by atoms with E-state index in [2.05, 4.69) is 5.10 Å². The van der Waals surface area contributed by atoms with E-state index in [1.54, 1.807) is 30.8 Å². The first-order valence-electron chi connectivity index (χ1n) is 6.55. The summed E-state index contributed by atoms with van der Waals surface area (Å²) in [4.78, 5) is 1.99. The molecule has 0 saturated heterocycles. The number of aliphatic hydroxyl groups excluding tert-OH is 1. The minimum atomic E-state index is -0.712. The molecule has 0 aliphatic rings. The van der Waals surface area contributed by atoms with Gasteiger partial charge in [0, 0.05) is 43.7 Å². The highest BCUT2D eigenvalue weighted by Gasteiger charge is 2.15. The second-order valence-electron chi connectivity index (χ2n) is 5.21. The molecule has 1 aromatic heterocycles. The Hall–Kier alpha value is -1.88. The molecule has 1 atom stereocenters. The van der Waals surface area contributed by atoms with Gasteiger partial charge < -0.3 is 10.0 Å². The van der Waals surface area contributed by atoms with Gasteiger partial charge >= 0.3 is 0 Å². The van der Waals surface area contributed by atoms with Gasteiger partial charge in [-0.25, -0.2) is 4.39 Å².